The van der Waals surface area contributed by atoms with Crippen molar-refractivity contribution in [2.45, 2.75) is 57.8 Å². The number of ketones is 3. The van der Waals surface area contributed by atoms with Gasteiger partial charge in [0.05, 0.1) is 54.3 Å². The minimum absolute atomic E-state index is 0.203. The molecule has 6 aliphatic carbocycles. The van der Waals surface area contributed by atoms with E-state index in [4.69, 9.17) is 14.2 Å². The Morgan fingerprint density at radius 2 is 0.544 bits per heavy atom. The maximum Gasteiger partial charge on any atom is 0.337 e. The van der Waals surface area contributed by atoms with Gasteiger partial charge >= 0.3 is 17.9 Å². The smallest absolute Gasteiger partial charge is 0.337 e. The maximum absolute atomic E-state index is 13.8. The lowest BCUT2D eigenvalue weighted by atomic mass is 9.71. The van der Waals surface area contributed by atoms with Crippen LogP contribution in [0.2, 0.25) is 0 Å². The first-order valence-corrected chi connectivity index (χ1v) is 30.6. The highest BCUT2D eigenvalue weighted by Crippen LogP contribution is 2.52. The molecule has 0 saturated heterocycles. The molecule has 3 atom stereocenters. The molecule has 6 aliphatic rings. The lowest BCUT2D eigenvalue weighted by molar-refractivity contribution is 0.0592. The van der Waals surface area contributed by atoms with Crippen LogP contribution >= 0.6 is 0 Å². The van der Waals surface area contributed by atoms with Gasteiger partial charge in [-0.2, -0.15) is 0 Å². The molecular formula is C81H66O9. The number of carbonyl (C=O) groups is 6. The molecule has 0 N–H and O–H groups in total. The van der Waals surface area contributed by atoms with Crippen molar-refractivity contribution in [3.05, 3.63) is 335 Å². The number of Topliss-reactive ketones (excluding diaryl/α,β-unsaturated/α-hetero) is 3. The van der Waals surface area contributed by atoms with E-state index >= 15 is 0 Å². The largest absolute Gasteiger partial charge is 0.465 e. The SMILES string of the molecule is COC(=O)c1ccc(CC2(C3=Cc4ccccc4C3)Cc3ccccc3C2=O)cc1.COC(=O)c1ccc(C[C@@]2(C3=Cc4ccccc4C3)Cc3ccccc3C2=O)cc1.COC(=O)c1ccc(C[C@]2(C3=Cc4ccccc4C3)Cc3ccccc3C2=O)cc1. The summed E-state index contributed by atoms with van der Waals surface area (Å²) in [6.07, 6.45) is 13.0. The van der Waals surface area contributed by atoms with Gasteiger partial charge in [0, 0.05) is 16.7 Å². The Morgan fingerprint density at radius 1 is 0.311 bits per heavy atom. The van der Waals surface area contributed by atoms with Crippen LogP contribution in [0, 0.1) is 16.2 Å². The summed E-state index contributed by atoms with van der Waals surface area (Å²) in [5.74, 6) is -0.448. The van der Waals surface area contributed by atoms with Crippen molar-refractivity contribution >= 4 is 53.5 Å². The highest BCUT2D eigenvalue weighted by atomic mass is 16.5. The van der Waals surface area contributed by atoms with Crippen molar-refractivity contribution in [1.82, 2.24) is 0 Å². The fraction of sp³-hybridized carbons (Fsp3) is 0.185. The van der Waals surface area contributed by atoms with E-state index in [1.807, 2.05) is 109 Å². The summed E-state index contributed by atoms with van der Waals surface area (Å²) in [5, 5.41) is 0. The van der Waals surface area contributed by atoms with Crippen LogP contribution in [-0.4, -0.2) is 56.6 Å². The van der Waals surface area contributed by atoms with Gasteiger partial charge in [0.25, 0.3) is 0 Å². The van der Waals surface area contributed by atoms with Crippen molar-refractivity contribution in [2.24, 2.45) is 16.2 Å². The zero-order chi connectivity index (χ0) is 62.2. The van der Waals surface area contributed by atoms with Crippen LogP contribution in [0.1, 0.15) is 129 Å². The van der Waals surface area contributed by atoms with Crippen LogP contribution in [0.15, 0.2) is 235 Å². The Kier molecular flexibility index (Phi) is 15.8. The zero-order valence-electron chi connectivity index (χ0n) is 50.6. The highest BCUT2D eigenvalue weighted by molar-refractivity contribution is 6.10. The molecule has 0 saturated carbocycles. The van der Waals surface area contributed by atoms with Crippen LogP contribution in [0.3, 0.4) is 0 Å². The molecule has 90 heavy (non-hydrogen) atoms. The quantitative estimate of drug-likeness (QED) is 0.0867. The van der Waals surface area contributed by atoms with Crippen molar-refractivity contribution in [3.8, 4) is 0 Å². The van der Waals surface area contributed by atoms with Crippen LogP contribution < -0.4 is 0 Å². The topological polar surface area (TPSA) is 130 Å². The summed E-state index contributed by atoms with van der Waals surface area (Å²) >= 11 is 0. The number of hydrogen-bond donors (Lipinski definition) is 0. The Hall–Kier alpha value is -10.4. The third-order valence-corrected chi connectivity index (χ3v) is 19.4. The zero-order valence-corrected chi connectivity index (χ0v) is 50.6. The number of ether oxygens (including phenoxy) is 3. The summed E-state index contributed by atoms with van der Waals surface area (Å²) < 4.78 is 14.4. The highest BCUT2D eigenvalue weighted by Gasteiger charge is 2.51. The van der Waals surface area contributed by atoms with E-state index in [0.29, 0.717) is 55.2 Å². The molecule has 9 nitrogen and oxygen atoms in total. The predicted molar refractivity (Wildman–Crippen MR) is 350 cm³/mol. The molecular weight excluding hydrogens is 1120 g/mol. The van der Waals surface area contributed by atoms with Gasteiger partial charge in [-0.25, -0.2) is 14.4 Å². The van der Waals surface area contributed by atoms with Gasteiger partial charge in [0.15, 0.2) is 17.3 Å². The number of benzene rings is 9. The first-order chi connectivity index (χ1) is 43.8. The average Bonchev–Trinajstić information content (AvgIpc) is 1.63. The van der Waals surface area contributed by atoms with Gasteiger partial charge in [-0.05, 0) is 161 Å². The number of methoxy groups -OCH3 is 3. The van der Waals surface area contributed by atoms with Crippen molar-refractivity contribution in [3.63, 3.8) is 0 Å². The predicted octanol–water partition coefficient (Wildman–Crippen LogP) is 15.2. The second-order valence-electron chi connectivity index (χ2n) is 24.5. The summed E-state index contributed by atoms with van der Waals surface area (Å²) in [6.45, 7) is 0. The van der Waals surface area contributed by atoms with Gasteiger partial charge in [0.1, 0.15) is 0 Å². The van der Waals surface area contributed by atoms with E-state index in [1.54, 1.807) is 36.4 Å². The molecule has 0 heterocycles. The van der Waals surface area contributed by atoms with Crippen molar-refractivity contribution in [1.29, 1.82) is 0 Å². The number of rotatable bonds is 12. The molecule has 9 heteroatoms. The second-order valence-corrected chi connectivity index (χ2v) is 24.5. The first kappa shape index (κ1) is 58.6. The average molecular weight is 1180 g/mol. The van der Waals surface area contributed by atoms with Crippen LogP contribution in [0.4, 0.5) is 0 Å². The summed E-state index contributed by atoms with van der Waals surface area (Å²) in [4.78, 5) is 76.7. The van der Waals surface area contributed by atoms with E-state index in [-0.39, 0.29) is 35.3 Å². The van der Waals surface area contributed by atoms with E-state index < -0.39 is 16.2 Å². The van der Waals surface area contributed by atoms with Crippen LogP contribution in [0.25, 0.3) is 18.2 Å². The maximum atomic E-state index is 13.8. The normalized spacial score (nSPS) is 19.2. The number of fused-ring (bicyclic) bond motifs is 6. The molecule has 0 spiro atoms. The lowest BCUT2D eigenvalue weighted by Crippen LogP contribution is -2.33. The fourth-order valence-corrected chi connectivity index (χ4v) is 14.7. The Bertz CT molecular complexity index is 4010. The van der Waals surface area contributed by atoms with E-state index in [2.05, 4.69) is 91.0 Å². The van der Waals surface area contributed by atoms with Gasteiger partial charge in [0.2, 0.25) is 0 Å². The first-order valence-electron chi connectivity index (χ1n) is 30.6. The second kappa shape index (κ2) is 24.3. The van der Waals surface area contributed by atoms with Gasteiger partial charge in [-0.3, -0.25) is 14.4 Å². The third kappa shape index (κ3) is 10.8. The number of esters is 3. The fourth-order valence-electron chi connectivity index (χ4n) is 14.7. The number of allylic oxidation sites excluding steroid dienone is 3. The Balaban J connectivity index is 0.000000124. The van der Waals surface area contributed by atoms with Gasteiger partial charge < -0.3 is 14.2 Å². The van der Waals surface area contributed by atoms with Gasteiger partial charge in [-0.1, -0.05) is 217 Å². The molecule has 0 bridgehead atoms. The molecule has 0 radical (unpaired) electrons. The Labute approximate surface area is 524 Å². The molecule has 1 unspecified atom stereocenters. The summed E-state index contributed by atoms with van der Waals surface area (Å²) in [7, 11) is 4.14. The molecule has 0 amide bonds. The molecule has 0 fully saturated rings. The molecule has 9 aromatic rings. The Morgan fingerprint density at radius 3 is 0.778 bits per heavy atom. The van der Waals surface area contributed by atoms with E-state index in [0.717, 1.165) is 69.3 Å². The summed E-state index contributed by atoms with van der Waals surface area (Å²) in [6, 6.07) is 71.2. The van der Waals surface area contributed by atoms with Crippen molar-refractivity contribution < 1.29 is 43.0 Å². The van der Waals surface area contributed by atoms with Gasteiger partial charge in [-0.15, -0.1) is 0 Å². The molecule has 0 aromatic heterocycles. The monoisotopic (exact) mass is 1180 g/mol. The van der Waals surface area contributed by atoms with Crippen molar-refractivity contribution in [2.75, 3.05) is 21.3 Å². The summed E-state index contributed by atoms with van der Waals surface area (Å²) in [5.41, 5.74) is 19.8. The van der Waals surface area contributed by atoms with Crippen LogP contribution in [-0.2, 0) is 72.0 Å². The third-order valence-electron chi connectivity index (χ3n) is 19.4. The standard InChI is InChI=1S/3C27H22O3/c3*1-30-26(29)19-12-10-18(11-13-19)16-27(17-22-8-4-5-9-24(22)25(27)28)23-14-20-6-2-3-7-21(20)15-23/h3*2-14H,15-17H2,1H3/t2*27-;/m10./s1. The van der Waals surface area contributed by atoms with Crippen LogP contribution in [0.5, 0.6) is 0 Å². The number of hydrogen-bond acceptors (Lipinski definition) is 9. The van der Waals surface area contributed by atoms with E-state index in [1.165, 1.54) is 71.4 Å². The minimum Gasteiger partial charge on any atom is -0.465 e. The van der Waals surface area contributed by atoms with E-state index in [9.17, 15) is 28.8 Å². The molecule has 9 aromatic carbocycles. The minimum atomic E-state index is -0.588. The lowest BCUT2D eigenvalue weighted by Gasteiger charge is -2.30. The number of carbonyl (C=O) groups excluding carboxylic acids is 6. The molecule has 444 valence electrons. The molecule has 15 rings (SSSR count). The molecule has 0 aliphatic heterocycles.